The summed E-state index contributed by atoms with van der Waals surface area (Å²) in [4.78, 5) is 4.26. The van der Waals surface area contributed by atoms with Gasteiger partial charge in [-0.2, -0.15) is 0 Å². The molecule has 2 heteroatoms. The van der Waals surface area contributed by atoms with Crippen LogP contribution in [0, 0.1) is 0 Å². The molecule has 1 atom stereocenters. The molecule has 0 bridgehead atoms. The summed E-state index contributed by atoms with van der Waals surface area (Å²) in [5.74, 6) is 0. The molecule has 2 nitrogen and oxygen atoms in total. The number of pyridine rings is 1. The summed E-state index contributed by atoms with van der Waals surface area (Å²) in [6.45, 7) is 6.84. The van der Waals surface area contributed by atoms with Crippen LogP contribution in [0.4, 0.5) is 0 Å². The van der Waals surface area contributed by atoms with Gasteiger partial charge in [0, 0.05) is 24.4 Å². The van der Waals surface area contributed by atoms with E-state index in [1.807, 2.05) is 30.5 Å². The van der Waals surface area contributed by atoms with Crippen molar-refractivity contribution in [1.82, 2.24) is 10.3 Å². The molecule has 0 amide bonds. The zero-order valence-electron chi connectivity index (χ0n) is 8.03. The van der Waals surface area contributed by atoms with Crippen molar-refractivity contribution in [2.24, 2.45) is 0 Å². The first-order chi connectivity index (χ1) is 6.36. The summed E-state index contributed by atoms with van der Waals surface area (Å²) in [7, 11) is 0. The van der Waals surface area contributed by atoms with E-state index in [4.69, 9.17) is 0 Å². The van der Waals surface area contributed by atoms with Crippen LogP contribution in [0.1, 0.15) is 12.6 Å². The molecule has 0 radical (unpaired) electrons. The third-order valence-electron chi connectivity index (χ3n) is 1.91. The fraction of sp³-hybridized carbons (Fsp3) is 0.364. The summed E-state index contributed by atoms with van der Waals surface area (Å²) in [6, 6.07) is 6.31. The molecule has 0 aliphatic rings. The highest BCUT2D eigenvalue weighted by molar-refractivity contribution is 5.07. The Morgan fingerprint density at radius 2 is 2.46 bits per heavy atom. The Bertz CT molecular complexity index is 244. The molecule has 1 N–H and O–H groups in total. The van der Waals surface area contributed by atoms with Gasteiger partial charge in [0.2, 0.25) is 0 Å². The van der Waals surface area contributed by atoms with E-state index >= 15 is 0 Å². The topological polar surface area (TPSA) is 24.9 Å². The van der Waals surface area contributed by atoms with Crippen molar-refractivity contribution in [3.05, 3.63) is 42.7 Å². The molecule has 0 saturated heterocycles. The number of hydrogen-bond donors (Lipinski definition) is 1. The van der Waals surface area contributed by atoms with Gasteiger partial charge in [0.25, 0.3) is 0 Å². The Hall–Kier alpha value is -1.15. The van der Waals surface area contributed by atoms with Gasteiger partial charge in [-0.1, -0.05) is 19.1 Å². The minimum atomic E-state index is 0.333. The fourth-order valence-corrected chi connectivity index (χ4v) is 1.25. The lowest BCUT2D eigenvalue weighted by Gasteiger charge is -2.11. The Morgan fingerprint density at radius 3 is 3.00 bits per heavy atom. The van der Waals surface area contributed by atoms with Crippen LogP contribution in [0.3, 0.4) is 0 Å². The molecule has 0 aliphatic carbocycles. The van der Waals surface area contributed by atoms with E-state index in [-0.39, 0.29) is 0 Å². The van der Waals surface area contributed by atoms with Gasteiger partial charge in [-0.15, -0.1) is 6.58 Å². The van der Waals surface area contributed by atoms with Gasteiger partial charge in [0.05, 0.1) is 0 Å². The molecule has 1 aromatic heterocycles. The Kier molecular flexibility index (Phi) is 4.19. The van der Waals surface area contributed by atoms with E-state index in [2.05, 4.69) is 23.8 Å². The maximum atomic E-state index is 4.26. The van der Waals surface area contributed by atoms with Crippen molar-refractivity contribution < 1.29 is 0 Å². The first-order valence-electron chi connectivity index (χ1n) is 4.62. The number of aromatic nitrogens is 1. The van der Waals surface area contributed by atoms with Crippen molar-refractivity contribution in [1.29, 1.82) is 0 Å². The predicted molar refractivity (Wildman–Crippen MR) is 55.6 cm³/mol. The van der Waals surface area contributed by atoms with Crippen molar-refractivity contribution in [2.75, 3.05) is 6.54 Å². The number of rotatable bonds is 5. The van der Waals surface area contributed by atoms with Crippen LogP contribution in [0.2, 0.25) is 0 Å². The van der Waals surface area contributed by atoms with E-state index in [1.54, 1.807) is 0 Å². The minimum Gasteiger partial charge on any atom is -0.310 e. The Labute approximate surface area is 79.7 Å². The molecule has 70 valence electrons. The van der Waals surface area contributed by atoms with Gasteiger partial charge < -0.3 is 5.32 Å². The van der Waals surface area contributed by atoms with E-state index in [9.17, 15) is 0 Å². The molecule has 0 saturated carbocycles. The summed E-state index contributed by atoms with van der Waals surface area (Å²) in [5, 5.41) is 3.32. The zero-order valence-corrected chi connectivity index (χ0v) is 8.03. The SMILES string of the molecule is C=CC(Cc1ccccn1)NCC. The van der Waals surface area contributed by atoms with E-state index in [0.717, 1.165) is 18.7 Å². The molecular weight excluding hydrogens is 160 g/mol. The highest BCUT2D eigenvalue weighted by Gasteiger charge is 2.03. The number of likely N-dealkylation sites (N-methyl/N-ethyl adjacent to an activating group) is 1. The number of nitrogens with one attached hydrogen (secondary N) is 1. The highest BCUT2D eigenvalue weighted by Crippen LogP contribution is 1.99. The molecule has 13 heavy (non-hydrogen) atoms. The van der Waals surface area contributed by atoms with Crippen LogP contribution in [0.5, 0.6) is 0 Å². The van der Waals surface area contributed by atoms with Gasteiger partial charge in [0.1, 0.15) is 0 Å². The molecule has 0 spiro atoms. The van der Waals surface area contributed by atoms with Gasteiger partial charge in [0.15, 0.2) is 0 Å². The third kappa shape index (κ3) is 3.38. The Morgan fingerprint density at radius 1 is 1.62 bits per heavy atom. The lowest BCUT2D eigenvalue weighted by molar-refractivity contribution is 0.606. The van der Waals surface area contributed by atoms with Gasteiger partial charge in [-0.25, -0.2) is 0 Å². The van der Waals surface area contributed by atoms with Crippen molar-refractivity contribution >= 4 is 0 Å². The standard InChI is InChI=1S/C11H16N2/c1-3-10(12-4-2)9-11-7-5-6-8-13-11/h3,5-8,10,12H,1,4,9H2,2H3. The molecule has 0 fully saturated rings. The second-order valence-electron chi connectivity index (χ2n) is 2.93. The fourth-order valence-electron chi connectivity index (χ4n) is 1.25. The first kappa shape index (κ1) is 9.93. The monoisotopic (exact) mass is 176 g/mol. The Balaban J connectivity index is 2.51. The van der Waals surface area contributed by atoms with E-state index in [1.165, 1.54) is 0 Å². The van der Waals surface area contributed by atoms with Crippen LogP contribution in [0.15, 0.2) is 37.1 Å². The van der Waals surface area contributed by atoms with Crippen molar-refractivity contribution in [3.63, 3.8) is 0 Å². The van der Waals surface area contributed by atoms with E-state index in [0.29, 0.717) is 6.04 Å². The zero-order chi connectivity index (χ0) is 9.52. The molecule has 1 unspecified atom stereocenters. The van der Waals surface area contributed by atoms with Gasteiger partial charge in [-0.3, -0.25) is 4.98 Å². The normalized spacial score (nSPS) is 12.4. The summed E-state index contributed by atoms with van der Waals surface area (Å²) in [5.41, 5.74) is 1.10. The van der Waals surface area contributed by atoms with E-state index < -0.39 is 0 Å². The van der Waals surface area contributed by atoms with Crippen molar-refractivity contribution in [2.45, 2.75) is 19.4 Å². The molecule has 1 aromatic rings. The lowest BCUT2D eigenvalue weighted by Crippen LogP contribution is -2.28. The summed E-state index contributed by atoms with van der Waals surface area (Å²) in [6.07, 6.45) is 4.66. The number of nitrogens with zero attached hydrogens (tertiary/aromatic N) is 1. The maximum absolute atomic E-state index is 4.26. The largest absolute Gasteiger partial charge is 0.310 e. The van der Waals surface area contributed by atoms with Crippen LogP contribution >= 0.6 is 0 Å². The molecular formula is C11H16N2. The molecule has 1 heterocycles. The van der Waals surface area contributed by atoms with Crippen LogP contribution in [0.25, 0.3) is 0 Å². The maximum Gasteiger partial charge on any atom is 0.0422 e. The van der Waals surface area contributed by atoms with Crippen LogP contribution < -0.4 is 5.32 Å². The highest BCUT2D eigenvalue weighted by atomic mass is 14.9. The number of hydrogen-bond acceptors (Lipinski definition) is 2. The van der Waals surface area contributed by atoms with Crippen LogP contribution in [-0.2, 0) is 6.42 Å². The third-order valence-corrected chi connectivity index (χ3v) is 1.91. The molecule has 0 aromatic carbocycles. The van der Waals surface area contributed by atoms with Crippen LogP contribution in [-0.4, -0.2) is 17.6 Å². The predicted octanol–water partition coefficient (Wildman–Crippen LogP) is 1.79. The van der Waals surface area contributed by atoms with Gasteiger partial charge in [-0.05, 0) is 18.7 Å². The first-order valence-corrected chi connectivity index (χ1v) is 4.62. The minimum absolute atomic E-state index is 0.333. The second-order valence-corrected chi connectivity index (χ2v) is 2.93. The average Bonchev–Trinajstić information content (AvgIpc) is 2.19. The smallest absolute Gasteiger partial charge is 0.0422 e. The summed E-state index contributed by atoms with van der Waals surface area (Å²) < 4.78 is 0. The quantitative estimate of drug-likeness (QED) is 0.692. The van der Waals surface area contributed by atoms with Crippen molar-refractivity contribution in [3.8, 4) is 0 Å². The van der Waals surface area contributed by atoms with Gasteiger partial charge >= 0.3 is 0 Å². The summed E-state index contributed by atoms with van der Waals surface area (Å²) >= 11 is 0. The average molecular weight is 176 g/mol. The molecule has 1 rings (SSSR count). The lowest BCUT2D eigenvalue weighted by atomic mass is 10.1. The second kappa shape index (κ2) is 5.49. The molecule has 0 aliphatic heterocycles.